The zero-order valence-electron chi connectivity index (χ0n) is 15.0. The van der Waals surface area contributed by atoms with E-state index >= 15 is 0 Å². The zero-order valence-corrected chi connectivity index (χ0v) is 15.0. The fourth-order valence-corrected chi connectivity index (χ4v) is 3.39. The van der Waals surface area contributed by atoms with Gasteiger partial charge in [0, 0.05) is 25.0 Å². The Morgan fingerprint density at radius 1 is 1.44 bits per heavy atom. The quantitative estimate of drug-likeness (QED) is 0.874. The van der Waals surface area contributed by atoms with Crippen LogP contribution in [0.4, 0.5) is 20.8 Å². The number of aromatic amines is 1. The SMILES string of the molecule is CN(C[C@H]1CN(c2ccc(C3=CCOCC3)c(F)c2)C(=O)O1)c1ncc[nH]1. The van der Waals surface area contributed by atoms with Crippen LogP contribution < -0.4 is 9.80 Å². The highest BCUT2D eigenvalue weighted by Crippen LogP contribution is 2.29. The van der Waals surface area contributed by atoms with E-state index < -0.39 is 6.09 Å². The van der Waals surface area contributed by atoms with E-state index in [1.807, 2.05) is 18.0 Å². The summed E-state index contributed by atoms with van der Waals surface area (Å²) in [6, 6.07) is 4.87. The van der Waals surface area contributed by atoms with Gasteiger partial charge >= 0.3 is 6.09 Å². The van der Waals surface area contributed by atoms with Gasteiger partial charge in [-0.2, -0.15) is 0 Å². The van der Waals surface area contributed by atoms with Gasteiger partial charge in [-0.25, -0.2) is 14.2 Å². The van der Waals surface area contributed by atoms with Crippen LogP contribution in [0.1, 0.15) is 12.0 Å². The molecule has 1 aromatic carbocycles. The zero-order chi connectivity index (χ0) is 18.8. The van der Waals surface area contributed by atoms with Gasteiger partial charge in [0.15, 0.2) is 0 Å². The largest absolute Gasteiger partial charge is 0.442 e. The van der Waals surface area contributed by atoms with E-state index in [0.717, 1.165) is 5.57 Å². The number of H-pyrrole nitrogens is 1. The molecule has 7 nitrogen and oxygen atoms in total. The van der Waals surface area contributed by atoms with Crippen molar-refractivity contribution in [1.82, 2.24) is 9.97 Å². The van der Waals surface area contributed by atoms with Crippen LogP contribution in [0.15, 0.2) is 36.7 Å². The Morgan fingerprint density at radius 3 is 3.04 bits per heavy atom. The maximum absolute atomic E-state index is 14.6. The summed E-state index contributed by atoms with van der Waals surface area (Å²) in [5.41, 5.74) is 1.99. The molecule has 142 valence electrons. The van der Waals surface area contributed by atoms with E-state index in [-0.39, 0.29) is 11.9 Å². The first-order valence-electron chi connectivity index (χ1n) is 8.87. The summed E-state index contributed by atoms with van der Waals surface area (Å²) < 4.78 is 25.3. The highest BCUT2D eigenvalue weighted by Gasteiger charge is 2.33. The number of nitrogens with zero attached hydrogens (tertiary/aromatic N) is 3. The Balaban J connectivity index is 1.46. The molecule has 8 heteroatoms. The van der Waals surface area contributed by atoms with Crippen molar-refractivity contribution in [3.05, 3.63) is 48.0 Å². The van der Waals surface area contributed by atoms with Gasteiger partial charge in [-0.15, -0.1) is 0 Å². The van der Waals surface area contributed by atoms with E-state index in [1.165, 1.54) is 11.0 Å². The topological polar surface area (TPSA) is 70.7 Å². The lowest BCUT2D eigenvalue weighted by molar-refractivity contribution is 0.144. The number of carbonyl (C=O) groups is 1. The third-order valence-electron chi connectivity index (χ3n) is 4.77. The second-order valence-electron chi connectivity index (χ2n) is 6.63. The normalized spacial score (nSPS) is 19.8. The van der Waals surface area contributed by atoms with Crippen LogP contribution in [-0.2, 0) is 9.47 Å². The number of likely N-dealkylation sites (N-methyl/N-ethyl adjacent to an activating group) is 1. The minimum Gasteiger partial charge on any atom is -0.442 e. The summed E-state index contributed by atoms with van der Waals surface area (Å²) in [5.74, 6) is 0.356. The maximum Gasteiger partial charge on any atom is 0.414 e. The molecule has 2 aliphatic heterocycles. The van der Waals surface area contributed by atoms with E-state index in [1.54, 1.807) is 24.5 Å². The van der Waals surface area contributed by atoms with Crippen LogP contribution in [0.3, 0.4) is 0 Å². The Morgan fingerprint density at radius 2 is 2.33 bits per heavy atom. The number of cyclic esters (lactones) is 1. The smallest absolute Gasteiger partial charge is 0.414 e. The third kappa shape index (κ3) is 3.66. The molecule has 0 radical (unpaired) electrons. The molecule has 3 heterocycles. The molecule has 0 spiro atoms. The molecule has 1 fully saturated rings. The van der Waals surface area contributed by atoms with Gasteiger partial charge in [0.05, 0.1) is 32.0 Å². The highest BCUT2D eigenvalue weighted by molar-refractivity contribution is 5.90. The Labute approximate surface area is 156 Å². The lowest BCUT2D eigenvalue weighted by Crippen LogP contribution is -2.33. The number of ether oxygens (including phenoxy) is 2. The van der Waals surface area contributed by atoms with Gasteiger partial charge in [-0.1, -0.05) is 6.08 Å². The van der Waals surface area contributed by atoms with E-state index in [2.05, 4.69) is 9.97 Å². The molecule has 0 unspecified atom stereocenters. The maximum atomic E-state index is 14.6. The van der Waals surface area contributed by atoms with Crippen molar-refractivity contribution < 1.29 is 18.7 Å². The molecule has 0 aliphatic carbocycles. The predicted octanol–water partition coefficient (Wildman–Crippen LogP) is 2.81. The van der Waals surface area contributed by atoms with Crippen LogP contribution in [0.5, 0.6) is 0 Å². The molecule has 2 aliphatic rings. The molecular formula is C19H21FN4O3. The lowest BCUT2D eigenvalue weighted by atomic mass is 10.0. The molecule has 1 saturated heterocycles. The first-order valence-corrected chi connectivity index (χ1v) is 8.87. The number of benzene rings is 1. The van der Waals surface area contributed by atoms with Crippen molar-refractivity contribution in [2.45, 2.75) is 12.5 Å². The molecule has 1 N–H and O–H groups in total. The number of rotatable bonds is 5. The van der Waals surface area contributed by atoms with Crippen molar-refractivity contribution in [2.75, 3.05) is 43.2 Å². The number of aromatic nitrogens is 2. The van der Waals surface area contributed by atoms with Gasteiger partial charge in [0.1, 0.15) is 11.9 Å². The minimum absolute atomic E-state index is 0.325. The summed E-state index contributed by atoms with van der Waals surface area (Å²) in [5, 5.41) is 0. The van der Waals surface area contributed by atoms with Crippen LogP contribution in [0, 0.1) is 5.82 Å². The third-order valence-corrected chi connectivity index (χ3v) is 4.77. The Hall–Kier alpha value is -2.87. The first kappa shape index (κ1) is 17.5. The van der Waals surface area contributed by atoms with Gasteiger partial charge in [-0.05, 0) is 30.2 Å². The number of carbonyl (C=O) groups excluding carboxylic acids is 1. The van der Waals surface area contributed by atoms with E-state index in [0.29, 0.717) is 49.9 Å². The average molecular weight is 372 g/mol. The molecule has 4 rings (SSSR count). The first-order chi connectivity index (χ1) is 13.1. The van der Waals surface area contributed by atoms with Gasteiger partial charge < -0.3 is 19.4 Å². The predicted molar refractivity (Wildman–Crippen MR) is 99.3 cm³/mol. The molecule has 27 heavy (non-hydrogen) atoms. The number of amides is 1. The second kappa shape index (κ2) is 7.40. The van der Waals surface area contributed by atoms with E-state index in [9.17, 15) is 9.18 Å². The highest BCUT2D eigenvalue weighted by atomic mass is 19.1. The number of halogens is 1. The van der Waals surface area contributed by atoms with Crippen molar-refractivity contribution in [3.8, 4) is 0 Å². The molecule has 0 saturated carbocycles. The monoisotopic (exact) mass is 372 g/mol. The molecule has 1 aromatic heterocycles. The van der Waals surface area contributed by atoms with Gasteiger partial charge in [-0.3, -0.25) is 4.90 Å². The van der Waals surface area contributed by atoms with Crippen molar-refractivity contribution in [2.24, 2.45) is 0 Å². The average Bonchev–Trinajstić information content (AvgIpc) is 3.32. The van der Waals surface area contributed by atoms with Crippen LogP contribution in [0.25, 0.3) is 5.57 Å². The summed E-state index contributed by atoms with van der Waals surface area (Å²) in [7, 11) is 1.87. The molecule has 0 bridgehead atoms. The van der Waals surface area contributed by atoms with E-state index in [4.69, 9.17) is 9.47 Å². The van der Waals surface area contributed by atoms with Crippen molar-refractivity contribution in [1.29, 1.82) is 0 Å². The van der Waals surface area contributed by atoms with Crippen LogP contribution in [-0.4, -0.2) is 55.5 Å². The number of hydrogen-bond donors (Lipinski definition) is 1. The number of anilines is 2. The standard InChI is InChI=1S/C19H21FN4O3/c1-23(18-21-6-7-22-18)11-15-12-24(19(25)27-15)14-2-3-16(17(20)10-14)13-4-8-26-9-5-13/h2-4,6-7,10,15H,5,8-9,11-12H2,1H3,(H,21,22)/t15-/m0/s1. The van der Waals surface area contributed by atoms with Gasteiger partial charge in [0.2, 0.25) is 5.95 Å². The Bertz CT molecular complexity index is 853. The Kier molecular flexibility index (Phi) is 4.81. The van der Waals surface area contributed by atoms with Crippen molar-refractivity contribution >= 4 is 23.3 Å². The van der Waals surface area contributed by atoms with Crippen molar-refractivity contribution in [3.63, 3.8) is 0 Å². The number of nitrogens with one attached hydrogen (secondary N) is 1. The van der Waals surface area contributed by atoms with Crippen LogP contribution in [0.2, 0.25) is 0 Å². The lowest BCUT2D eigenvalue weighted by Gasteiger charge is -2.19. The molecular weight excluding hydrogens is 351 g/mol. The summed E-state index contributed by atoms with van der Waals surface area (Å²) in [6.07, 6.45) is 5.18. The minimum atomic E-state index is -0.467. The molecule has 2 aromatic rings. The number of hydrogen-bond acceptors (Lipinski definition) is 5. The fourth-order valence-electron chi connectivity index (χ4n) is 3.39. The number of imidazole rings is 1. The summed E-state index contributed by atoms with van der Waals surface area (Å²) in [6.45, 7) is 1.94. The fraction of sp³-hybridized carbons (Fsp3) is 0.368. The second-order valence-corrected chi connectivity index (χ2v) is 6.63. The van der Waals surface area contributed by atoms with Gasteiger partial charge in [0.25, 0.3) is 0 Å². The van der Waals surface area contributed by atoms with Crippen LogP contribution >= 0.6 is 0 Å². The molecule has 1 atom stereocenters. The summed E-state index contributed by atoms with van der Waals surface area (Å²) in [4.78, 5) is 22.8. The summed E-state index contributed by atoms with van der Waals surface area (Å²) >= 11 is 0. The molecule has 1 amide bonds.